The topological polar surface area (TPSA) is 156 Å². The number of ether oxygens (including phenoxy) is 3. The third-order valence-corrected chi connectivity index (χ3v) is 9.44. The molecule has 1 aliphatic heterocycles. The number of amides is 4. The maximum atomic E-state index is 14.4. The molecule has 3 aromatic rings. The van der Waals surface area contributed by atoms with Gasteiger partial charge in [-0.3, -0.25) is 14.4 Å². The Labute approximate surface area is 325 Å². The van der Waals surface area contributed by atoms with Crippen molar-refractivity contribution in [1.29, 1.82) is 0 Å². The molecule has 5 atom stereocenters. The molecule has 4 N–H and O–H groups in total. The average Bonchev–Trinajstić information content (AvgIpc) is 3.16. The van der Waals surface area contributed by atoms with Gasteiger partial charge in [0.25, 0.3) is 0 Å². The predicted octanol–water partition coefficient (Wildman–Crippen LogP) is 4.47. The lowest BCUT2D eigenvalue weighted by molar-refractivity contribution is -0.141. The van der Waals surface area contributed by atoms with Crippen LogP contribution in [0.4, 0.5) is 4.79 Å². The Bertz CT molecular complexity index is 1670. The number of morpholine rings is 1. The number of benzene rings is 3. The highest BCUT2D eigenvalue weighted by atomic mass is 16.6. The number of alkyl carbamates (subject to hydrolysis) is 1. The lowest BCUT2D eigenvalue weighted by Gasteiger charge is -2.32. The zero-order chi connectivity index (χ0) is 40.0. The van der Waals surface area contributed by atoms with Crippen LogP contribution in [-0.2, 0) is 43.1 Å². The van der Waals surface area contributed by atoms with Gasteiger partial charge in [-0.1, -0.05) is 86.6 Å². The predicted molar refractivity (Wildman–Crippen MR) is 210 cm³/mol. The molecule has 0 aromatic heterocycles. The van der Waals surface area contributed by atoms with Crippen molar-refractivity contribution in [3.63, 3.8) is 0 Å². The lowest BCUT2D eigenvalue weighted by atomic mass is 9.88. The Kier molecular flexibility index (Phi) is 16.1. The number of rotatable bonds is 17. The van der Waals surface area contributed by atoms with Gasteiger partial charge in [-0.25, -0.2) is 4.79 Å². The molecule has 5 unspecified atom stereocenters. The number of nitrogens with one attached hydrogen (secondary N) is 3. The van der Waals surface area contributed by atoms with E-state index < -0.39 is 53.7 Å². The number of aliphatic hydroxyl groups is 1. The number of hydrogen-bond acceptors (Lipinski definition) is 8. The summed E-state index contributed by atoms with van der Waals surface area (Å²) in [6.45, 7) is 10.6. The first-order valence-corrected chi connectivity index (χ1v) is 19.1. The van der Waals surface area contributed by atoms with Gasteiger partial charge in [-0.2, -0.15) is 0 Å². The summed E-state index contributed by atoms with van der Waals surface area (Å²) in [6.07, 6.45) is -1.14. The van der Waals surface area contributed by atoms with E-state index in [1.807, 2.05) is 92.7 Å². The summed E-state index contributed by atoms with van der Waals surface area (Å²) in [7, 11) is 1.56. The van der Waals surface area contributed by atoms with Crippen molar-refractivity contribution in [1.82, 2.24) is 20.9 Å². The SMILES string of the molecule is COc1cccc(CC(CC(O)C(Cc2ccccc2)NC(=O)OC(C)(C)C)C(=O)NC(C(=O)NC(Cc2ccccc2)C(=O)N2CCOCC2)C(C)C)c1. The van der Waals surface area contributed by atoms with Gasteiger partial charge in [0.15, 0.2) is 0 Å². The number of methoxy groups -OCH3 is 1. The van der Waals surface area contributed by atoms with Crippen LogP contribution in [0.25, 0.3) is 0 Å². The lowest BCUT2D eigenvalue weighted by Crippen LogP contribution is -2.58. The molecule has 12 nitrogen and oxygen atoms in total. The summed E-state index contributed by atoms with van der Waals surface area (Å²) in [5, 5.41) is 20.6. The molecule has 55 heavy (non-hydrogen) atoms. The zero-order valence-corrected chi connectivity index (χ0v) is 33.0. The summed E-state index contributed by atoms with van der Waals surface area (Å²) in [4.78, 5) is 56.9. The minimum Gasteiger partial charge on any atom is -0.497 e. The average molecular weight is 759 g/mol. The fourth-order valence-corrected chi connectivity index (χ4v) is 6.55. The molecular weight excluding hydrogens is 700 g/mol. The summed E-state index contributed by atoms with van der Waals surface area (Å²) >= 11 is 0. The standard InChI is InChI=1S/C43H58N4O8/c1-29(2)38(40(50)44-36(27-31-16-11-8-12-17-31)41(51)47-20-22-54-23-21-47)46-39(49)33(24-32-18-13-19-34(25-32)53-6)28-37(48)35(26-30-14-9-7-10-15-30)45-42(52)55-43(3,4)5/h7-19,25,29,33,35-38,48H,20-24,26-28H2,1-6H3,(H,44,50)(H,45,52)(H,46,49). The van der Waals surface area contributed by atoms with E-state index in [4.69, 9.17) is 14.2 Å². The van der Waals surface area contributed by atoms with Crippen molar-refractivity contribution in [2.45, 2.75) is 90.1 Å². The van der Waals surface area contributed by atoms with Crippen LogP contribution in [0, 0.1) is 11.8 Å². The molecule has 0 saturated carbocycles. The van der Waals surface area contributed by atoms with Crippen LogP contribution in [0.5, 0.6) is 5.75 Å². The zero-order valence-electron chi connectivity index (χ0n) is 33.0. The Morgan fingerprint density at radius 3 is 1.96 bits per heavy atom. The second kappa shape index (κ2) is 20.7. The van der Waals surface area contributed by atoms with Crippen LogP contribution in [0.2, 0.25) is 0 Å². The van der Waals surface area contributed by atoms with E-state index in [1.54, 1.807) is 38.8 Å². The van der Waals surface area contributed by atoms with Crippen molar-refractivity contribution in [2.75, 3.05) is 33.4 Å². The van der Waals surface area contributed by atoms with Gasteiger partial charge < -0.3 is 40.2 Å². The van der Waals surface area contributed by atoms with Gasteiger partial charge in [-0.15, -0.1) is 0 Å². The molecule has 4 amide bonds. The van der Waals surface area contributed by atoms with E-state index in [9.17, 15) is 24.3 Å². The Morgan fingerprint density at radius 1 is 0.782 bits per heavy atom. The summed E-state index contributed by atoms with van der Waals surface area (Å²) < 4.78 is 16.4. The third-order valence-electron chi connectivity index (χ3n) is 9.44. The highest BCUT2D eigenvalue weighted by Gasteiger charge is 2.35. The number of hydrogen-bond donors (Lipinski definition) is 4. The molecule has 1 heterocycles. The maximum Gasteiger partial charge on any atom is 0.407 e. The number of nitrogens with zero attached hydrogens (tertiary/aromatic N) is 1. The quantitative estimate of drug-likeness (QED) is 0.157. The molecule has 298 valence electrons. The Hall–Kier alpha value is -4.94. The van der Waals surface area contributed by atoms with Gasteiger partial charge in [0.1, 0.15) is 23.4 Å². The minimum absolute atomic E-state index is 0.0467. The normalized spacial score (nSPS) is 15.9. The van der Waals surface area contributed by atoms with Crippen molar-refractivity contribution in [3.8, 4) is 5.75 Å². The molecule has 4 rings (SSSR count). The fourth-order valence-electron chi connectivity index (χ4n) is 6.55. The molecule has 1 fully saturated rings. The van der Waals surface area contributed by atoms with E-state index in [0.29, 0.717) is 32.1 Å². The van der Waals surface area contributed by atoms with E-state index in [1.165, 1.54) is 0 Å². The smallest absolute Gasteiger partial charge is 0.407 e. The summed E-state index contributed by atoms with van der Waals surface area (Å²) in [5.41, 5.74) is 1.79. The van der Waals surface area contributed by atoms with Gasteiger partial charge >= 0.3 is 6.09 Å². The van der Waals surface area contributed by atoms with Crippen LogP contribution in [0.3, 0.4) is 0 Å². The van der Waals surface area contributed by atoms with Gasteiger partial charge in [0.2, 0.25) is 17.7 Å². The Balaban J connectivity index is 1.59. The first kappa shape index (κ1) is 42.8. The van der Waals surface area contributed by atoms with Gasteiger partial charge in [0, 0.05) is 25.4 Å². The molecule has 0 spiro atoms. The minimum atomic E-state index is -1.18. The summed E-state index contributed by atoms with van der Waals surface area (Å²) in [5.74, 6) is -1.72. The second-order valence-electron chi connectivity index (χ2n) is 15.4. The molecule has 1 saturated heterocycles. The van der Waals surface area contributed by atoms with Gasteiger partial charge in [-0.05, 0) is 74.8 Å². The molecule has 0 aliphatic carbocycles. The molecular formula is C43H58N4O8. The number of aliphatic hydroxyl groups excluding tert-OH is 1. The van der Waals surface area contributed by atoms with E-state index >= 15 is 0 Å². The molecule has 3 aromatic carbocycles. The van der Waals surface area contributed by atoms with Crippen molar-refractivity contribution in [2.24, 2.45) is 11.8 Å². The molecule has 1 aliphatic rings. The highest BCUT2D eigenvalue weighted by molar-refractivity contribution is 5.93. The van der Waals surface area contributed by atoms with Crippen LogP contribution in [0.1, 0.15) is 57.7 Å². The fraction of sp³-hybridized carbons (Fsp3) is 0.488. The second-order valence-corrected chi connectivity index (χ2v) is 15.4. The molecule has 0 bridgehead atoms. The monoisotopic (exact) mass is 758 g/mol. The highest BCUT2D eigenvalue weighted by Crippen LogP contribution is 2.23. The van der Waals surface area contributed by atoms with E-state index in [-0.39, 0.29) is 37.5 Å². The third kappa shape index (κ3) is 14.0. The van der Waals surface area contributed by atoms with Crippen molar-refractivity contribution in [3.05, 3.63) is 102 Å². The first-order valence-electron chi connectivity index (χ1n) is 19.1. The van der Waals surface area contributed by atoms with Crippen LogP contribution in [-0.4, -0.2) is 97.1 Å². The van der Waals surface area contributed by atoms with Crippen LogP contribution >= 0.6 is 0 Å². The summed E-state index contributed by atoms with van der Waals surface area (Å²) in [6, 6.07) is 23.6. The molecule has 0 radical (unpaired) electrons. The van der Waals surface area contributed by atoms with Gasteiger partial charge in [0.05, 0.1) is 32.5 Å². The largest absolute Gasteiger partial charge is 0.497 e. The maximum absolute atomic E-state index is 14.4. The van der Waals surface area contributed by atoms with E-state index in [2.05, 4.69) is 16.0 Å². The van der Waals surface area contributed by atoms with Crippen LogP contribution in [0.15, 0.2) is 84.9 Å². The number of carbonyl (C=O) groups is 4. The first-order chi connectivity index (χ1) is 26.2. The van der Waals surface area contributed by atoms with Crippen molar-refractivity contribution < 1.29 is 38.5 Å². The van der Waals surface area contributed by atoms with Crippen molar-refractivity contribution >= 4 is 23.8 Å². The van der Waals surface area contributed by atoms with E-state index in [0.717, 1.165) is 16.7 Å². The number of carbonyl (C=O) groups excluding carboxylic acids is 4. The van der Waals surface area contributed by atoms with Crippen LogP contribution < -0.4 is 20.7 Å². The molecule has 12 heteroatoms. The Morgan fingerprint density at radius 2 is 1.38 bits per heavy atom.